The first-order valence-electron chi connectivity index (χ1n) is 7.08. The van der Waals surface area contributed by atoms with Crippen LogP contribution in [0.3, 0.4) is 0 Å². The maximum Gasteiger partial charge on any atom is 0.275 e. The summed E-state index contributed by atoms with van der Waals surface area (Å²) >= 11 is 0. The molecule has 0 atom stereocenters. The summed E-state index contributed by atoms with van der Waals surface area (Å²) in [4.78, 5) is 24.2. The summed E-state index contributed by atoms with van der Waals surface area (Å²) in [6.45, 7) is 0. The largest absolute Gasteiger partial charge is 0.321 e. The van der Waals surface area contributed by atoms with Crippen LogP contribution in [0.4, 0.5) is 5.69 Å². The Labute approximate surface area is 133 Å². The number of hydrogen-bond acceptors (Lipinski definition) is 4. The Balaban J connectivity index is 1.73. The van der Waals surface area contributed by atoms with Crippen molar-refractivity contribution < 1.29 is 4.79 Å². The molecule has 5 nitrogen and oxygen atoms in total. The Morgan fingerprint density at radius 2 is 1.91 bits per heavy atom. The van der Waals surface area contributed by atoms with Crippen LogP contribution in [-0.4, -0.2) is 20.9 Å². The highest BCUT2D eigenvalue weighted by Gasteiger charge is 2.07. The molecule has 0 fully saturated rings. The van der Waals surface area contributed by atoms with Gasteiger partial charge in [0.15, 0.2) is 0 Å². The number of nitrogens with one attached hydrogen (secondary N) is 1. The van der Waals surface area contributed by atoms with E-state index in [1.165, 1.54) is 18.6 Å². The summed E-state index contributed by atoms with van der Waals surface area (Å²) < 4.78 is 0. The van der Waals surface area contributed by atoms with Crippen molar-refractivity contribution in [2.45, 2.75) is 0 Å². The van der Waals surface area contributed by atoms with Crippen LogP contribution >= 0.6 is 0 Å². The molecule has 112 valence electrons. The normalized spacial score (nSPS) is 10.6. The number of hydrogen-bond donors (Lipinski definition) is 1. The summed E-state index contributed by atoms with van der Waals surface area (Å²) in [5.74, 6) is -0.288. The Hall–Kier alpha value is -3.34. The molecule has 23 heavy (non-hydrogen) atoms. The lowest BCUT2D eigenvalue weighted by molar-refractivity contribution is 0.102. The third kappa shape index (κ3) is 4.07. The minimum Gasteiger partial charge on any atom is -0.321 e. The molecule has 1 aromatic carbocycles. The zero-order chi connectivity index (χ0) is 15.9. The van der Waals surface area contributed by atoms with Crippen LogP contribution in [0.25, 0.3) is 12.2 Å². The van der Waals surface area contributed by atoms with E-state index >= 15 is 0 Å². The van der Waals surface area contributed by atoms with Crippen LogP contribution in [-0.2, 0) is 0 Å². The Morgan fingerprint density at radius 3 is 2.70 bits per heavy atom. The number of aromatic nitrogens is 3. The topological polar surface area (TPSA) is 67.8 Å². The molecular weight excluding hydrogens is 288 g/mol. The number of amides is 1. The van der Waals surface area contributed by atoms with Gasteiger partial charge in [-0.1, -0.05) is 24.3 Å². The fourth-order valence-electron chi connectivity index (χ4n) is 1.99. The quantitative estimate of drug-likeness (QED) is 0.803. The molecule has 0 bridgehead atoms. The highest BCUT2D eigenvalue weighted by atomic mass is 16.1. The molecule has 0 aliphatic rings. The van der Waals surface area contributed by atoms with Gasteiger partial charge in [0.25, 0.3) is 5.91 Å². The van der Waals surface area contributed by atoms with Gasteiger partial charge in [0.05, 0.1) is 11.9 Å². The lowest BCUT2D eigenvalue weighted by atomic mass is 10.1. The average Bonchev–Trinajstić information content (AvgIpc) is 2.62. The molecule has 0 spiro atoms. The fourth-order valence-corrected chi connectivity index (χ4v) is 1.99. The van der Waals surface area contributed by atoms with Crippen molar-refractivity contribution in [1.82, 2.24) is 15.0 Å². The smallest absolute Gasteiger partial charge is 0.275 e. The molecule has 3 rings (SSSR count). The lowest BCUT2D eigenvalue weighted by Gasteiger charge is -2.05. The van der Waals surface area contributed by atoms with E-state index < -0.39 is 0 Å². The standard InChI is InChI=1S/C18H14N4O/c23-18(17-13-19-10-11-21-17)22-16-6-3-4-14(12-16)7-8-15-5-1-2-9-20-15/h1-13H,(H,22,23)/b8-7+. The maximum atomic E-state index is 12.1. The number of nitrogens with zero attached hydrogens (tertiary/aromatic N) is 3. The molecule has 3 aromatic rings. The van der Waals surface area contributed by atoms with Crippen LogP contribution in [0.1, 0.15) is 21.7 Å². The molecule has 2 heterocycles. The van der Waals surface area contributed by atoms with Crippen LogP contribution in [0, 0.1) is 0 Å². The Kier molecular flexibility index (Phi) is 4.49. The van der Waals surface area contributed by atoms with Crippen molar-refractivity contribution in [3.05, 3.63) is 84.2 Å². The van der Waals surface area contributed by atoms with E-state index in [4.69, 9.17) is 0 Å². The van der Waals surface area contributed by atoms with Crippen molar-refractivity contribution in [1.29, 1.82) is 0 Å². The first-order chi connectivity index (χ1) is 11.3. The van der Waals surface area contributed by atoms with Crippen molar-refractivity contribution in [2.75, 3.05) is 5.32 Å². The first kappa shape index (κ1) is 14.6. The summed E-state index contributed by atoms with van der Waals surface area (Å²) in [6.07, 6.45) is 10.1. The van der Waals surface area contributed by atoms with Crippen molar-refractivity contribution in [3.8, 4) is 0 Å². The van der Waals surface area contributed by atoms with E-state index in [0.29, 0.717) is 5.69 Å². The van der Waals surface area contributed by atoms with E-state index in [0.717, 1.165) is 11.3 Å². The third-order valence-electron chi connectivity index (χ3n) is 3.07. The molecule has 0 saturated carbocycles. The summed E-state index contributed by atoms with van der Waals surface area (Å²) in [5, 5.41) is 2.81. The Bertz CT molecular complexity index is 817. The predicted molar refractivity (Wildman–Crippen MR) is 89.6 cm³/mol. The molecule has 0 radical (unpaired) electrons. The molecule has 1 amide bonds. The number of benzene rings is 1. The molecule has 5 heteroatoms. The molecule has 0 unspecified atom stereocenters. The summed E-state index contributed by atoms with van der Waals surface area (Å²) in [7, 11) is 0. The van der Waals surface area contributed by atoms with Crippen molar-refractivity contribution in [3.63, 3.8) is 0 Å². The van der Waals surface area contributed by atoms with Gasteiger partial charge < -0.3 is 5.32 Å². The zero-order valence-electron chi connectivity index (χ0n) is 12.3. The lowest BCUT2D eigenvalue weighted by Crippen LogP contribution is -2.13. The van der Waals surface area contributed by atoms with Crippen LogP contribution < -0.4 is 5.32 Å². The van der Waals surface area contributed by atoms with Crippen LogP contribution in [0.2, 0.25) is 0 Å². The fraction of sp³-hybridized carbons (Fsp3) is 0. The summed E-state index contributed by atoms with van der Waals surface area (Å²) in [6, 6.07) is 13.3. The van der Waals surface area contributed by atoms with E-state index in [2.05, 4.69) is 20.3 Å². The van der Waals surface area contributed by atoms with E-state index in [-0.39, 0.29) is 11.6 Å². The van der Waals surface area contributed by atoms with Crippen LogP contribution in [0.15, 0.2) is 67.3 Å². The third-order valence-corrected chi connectivity index (χ3v) is 3.07. The van der Waals surface area contributed by atoms with Gasteiger partial charge in [0.1, 0.15) is 5.69 Å². The zero-order valence-corrected chi connectivity index (χ0v) is 12.3. The van der Waals surface area contributed by atoms with Gasteiger partial charge in [-0.15, -0.1) is 0 Å². The summed E-state index contributed by atoms with van der Waals surface area (Å²) in [5.41, 5.74) is 2.82. The van der Waals surface area contributed by atoms with Gasteiger partial charge in [-0.2, -0.15) is 0 Å². The van der Waals surface area contributed by atoms with E-state index in [9.17, 15) is 4.79 Å². The SMILES string of the molecule is O=C(Nc1cccc(/C=C/c2ccccn2)c1)c1cnccn1. The van der Waals surface area contributed by atoms with Gasteiger partial charge in [0, 0.05) is 24.3 Å². The minimum absolute atomic E-state index is 0.280. The second kappa shape index (κ2) is 7.09. The van der Waals surface area contributed by atoms with Crippen molar-refractivity contribution >= 4 is 23.7 Å². The van der Waals surface area contributed by atoms with Crippen molar-refractivity contribution in [2.24, 2.45) is 0 Å². The van der Waals surface area contributed by atoms with E-state index in [1.807, 2.05) is 54.6 Å². The van der Waals surface area contributed by atoms with Gasteiger partial charge in [-0.3, -0.25) is 14.8 Å². The molecule has 0 aliphatic heterocycles. The van der Waals surface area contributed by atoms with Crippen LogP contribution in [0.5, 0.6) is 0 Å². The highest BCUT2D eigenvalue weighted by Crippen LogP contribution is 2.14. The number of carbonyl (C=O) groups is 1. The minimum atomic E-state index is -0.288. The van der Waals surface area contributed by atoms with Gasteiger partial charge >= 0.3 is 0 Å². The average molecular weight is 302 g/mol. The second-order valence-corrected chi connectivity index (χ2v) is 4.76. The van der Waals surface area contributed by atoms with E-state index in [1.54, 1.807) is 6.20 Å². The number of anilines is 1. The monoisotopic (exact) mass is 302 g/mol. The van der Waals surface area contributed by atoms with Gasteiger partial charge in [0.2, 0.25) is 0 Å². The van der Waals surface area contributed by atoms with Gasteiger partial charge in [-0.25, -0.2) is 4.98 Å². The number of rotatable bonds is 4. The molecular formula is C18H14N4O. The highest BCUT2D eigenvalue weighted by molar-refractivity contribution is 6.02. The molecule has 1 N–H and O–H groups in total. The maximum absolute atomic E-state index is 12.1. The first-order valence-corrected chi connectivity index (χ1v) is 7.08. The second-order valence-electron chi connectivity index (χ2n) is 4.76. The molecule has 0 aliphatic carbocycles. The predicted octanol–water partition coefficient (Wildman–Crippen LogP) is 3.29. The number of carbonyl (C=O) groups excluding carboxylic acids is 1. The number of pyridine rings is 1. The van der Waals surface area contributed by atoms with Gasteiger partial charge in [-0.05, 0) is 35.9 Å². The molecule has 0 saturated heterocycles. The molecule has 2 aromatic heterocycles. The Morgan fingerprint density at radius 1 is 0.957 bits per heavy atom.